The first-order valence-corrected chi connectivity index (χ1v) is 7.48. The van der Waals surface area contributed by atoms with Gasteiger partial charge in [0.2, 0.25) is 0 Å². The zero-order valence-electron chi connectivity index (χ0n) is 12.0. The summed E-state index contributed by atoms with van der Waals surface area (Å²) in [6.07, 6.45) is -0.572. The van der Waals surface area contributed by atoms with Gasteiger partial charge < -0.3 is 10.0 Å². The summed E-state index contributed by atoms with van der Waals surface area (Å²) in [4.78, 5) is 2.05. The number of rotatable bonds is 4. The van der Waals surface area contributed by atoms with Crippen LogP contribution in [0.2, 0.25) is 0 Å². The Balaban J connectivity index is 2.33. The predicted octanol–water partition coefficient (Wildman–Crippen LogP) is 4.01. The minimum absolute atomic E-state index is 0.572. The topological polar surface area (TPSA) is 47.3 Å². The van der Waals surface area contributed by atoms with Crippen LogP contribution in [-0.4, -0.2) is 12.2 Å². The van der Waals surface area contributed by atoms with Crippen molar-refractivity contribution < 1.29 is 5.11 Å². The largest absolute Gasteiger partial charge is 0.389 e. The second kappa shape index (κ2) is 6.75. The molecule has 0 spiro atoms. The molecule has 0 radical (unpaired) electrons. The molecule has 2 rings (SSSR count). The van der Waals surface area contributed by atoms with Crippen LogP contribution in [0.3, 0.4) is 0 Å². The molecule has 0 amide bonds. The van der Waals surface area contributed by atoms with Crippen LogP contribution in [0.4, 0.5) is 5.69 Å². The number of hydrogen-bond acceptors (Lipinski definition) is 3. The highest BCUT2D eigenvalue weighted by atomic mass is 79.9. The van der Waals surface area contributed by atoms with Crippen molar-refractivity contribution in [3.63, 3.8) is 0 Å². The van der Waals surface area contributed by atoms with E-state index in [1.54, 1.807) is 13.0 Å². The molecule has 0 fully saturated rings. The Morgan fingerprint density at radius 3 is 2.67 bits per heavy atom. The van der Waals surface area contributed by atoms with Gasteiger partial charge in [-0.2, -0.15) is 5.26 Å². The van der Waals surface area contributed by atoms with Crippen molar-refractivity contribution in [3.8, 4) is 6.07 Å². The number of halogens is 1. The first-order valence-electron chi connectivity index (χ1n) is 6.69. The van der Waals surface area contributed by atoms with Crippen LogP contribution < -0.4 is 4.90 Å². The average Bonchev–Trinajstić information content (AvgIpc) is 2.46. The van der Waals surface area contributed by atoms with E-state index < -0.39 is 6.10 Å². The first kappa shape index (κ1) is 15.6. The fourth-order valence-electron chi connectivity index (χ4n) is 2.29. The van der Waals surface area contributed by atoms with Crippen LogP contribution >= 0.6 is 15.9 Å². The summed E-state index contributed by atoms with van der Waals surface area (Å²) < 4.78 is 1.04. The van der Waals surface area contributed by atoms with Gasteiger partial charge in [-0.25, -0.2) is 0 Å². The third kappa shape index (κ3) is 3.84. The van der Waals surface area contributed by atoms with Crippen LogP contribution in [0.25, 0.3) is 0 Å². The van der Waals surface area contributed by atoms with Gasteiger partial charge in [-0.3, -0.25) is 0 Å². The highest BCUT2D eigenvalue weighted by Gasteiger charge is 2.13. The summed E-state index contributed by atoms with van der Waals surface area (Å²) >= 11 is 3.47. The SMILES string of the molecule is CC(O)c1ccc(C#N)cc1N(C)Cc1cccc(Br)c1. The molecule has 0 aliphatic rings. The van der Waals surface area contributed by atoms with Crippen molar-refractivity contribution in [3.05, 3.63) is 63.6 Å². The predicted molar refractivity (Wildman–Crippen MR) is 88.0 cm³/mol. The molecule has 0 bridgehead atoms. The third-order valence-corrected chi connectivity index (χ3v) is 3.82. The van der Waals surface area contributed by atoms with Crippen LogP contribution in [-0.2, 0) is 6.54 Å². The maximum Gasteiger partial charge on any atom is 0.0992 e. The van der Waals surface area contributed by atoms with Crippen molar-refractivity contribution >= 4 is 21.6 Å². The maximum absolute atomic E-state index is 9.91. The Kier molecular flexibility index (Phi) is 5.00. The van der Waals surface area contributed by atoms with Crippen molar-refractivity contribution in [1.82, 2.24) is 0 Å². The molecule has 0 aliphatic carbocycles. The number of aliphatic hydroxyl groups is 1. The third-order valence-electron chi connectivity index (χ3n) is 3.33. The molecule has 0 saturated carbocycles. The average molecular weight is 345 g/mol. The van der Waals surface area contributed by atoms with Gasteiger partial charge in [0.05, 0.1) is 17.7 Å². The molecule has 1 atom stereocenters. The monoisotopic (exact) mass is 344 g/mol. The number of nitrogens with zero attached hydrogens (tertiary/aromatic N) is 2. The summed E-state index contributed by atoms with van der Waals surface area (Å²) in [6.45, 7) is 2.44. The summed E-state index contributed by atoms with van der Waals surface area (Å²) in [5, 5.41) is 19.0. The molecule has 3 nitrogen and oxygen atoms in total. The van der Waals surface area contributed by atoms with Gasteiger partial charge in [0.1, 0.15) is 0 Å². The molecular formula is C17H17BrN2O. The Morgan fingerprint density at radius 1 is 1.29 bits per heavy atom. The summed E-state index contributed by atoms with van der Waals surface area (Å²) in [5.74, 6) is 0. The Bertz CT molecular complexity index is 677. The van der Waals surface area contributed by atoms with Gasteiger partial charge in [0.25, 0.3) is 0 Å². The molecule has 2 aromatic carbocycles. The fraction of sp³-hybridized carbons (Fsp3) is 0.235. The molecule has 0 saturated heterocycles. The highest BCUT2D eigenvalue weighted by Crippen LogP contribution is 2.28. The molecule has 21 heavy (non-hydrogen) atoms. The molecule has 1 unspecified atom stereocenters. The second-order valence-corrected chi connectivity index (χ2v) is 5.96. The van der Waals surface area contributed by atoms with E-state index in [2.05, 4.69) is 34.1 Å². The quantitative estimate of drug-likeness (QED) is 0.911. The molecule has 0 heterocycles. The minimum atomic E-state index is -0.572. The van der Waals surface area contributed by atoms with E-state index in [9.17, 15) is 5.11 Å². The van der Waals surface area contributed by atoms with Gasteiger partial charge in [-0.05, 0) is 36.8 Å². The maximum atomic E-state index is 9.91. The lowest BCUT2D eigenvalue weighted by atomic mass is 10.0. The van der Waals surface area contributed by atoms with Gasteiger partial charge in [0, 0.05) is 29.3 Å². The van der Waals surface area contributed by atoms with Crippen molar-refractivity contribution in [2.75, 3.05) is 11.9 Å². The summed E-state index contributed by atoms with van der Waals surface area (Å²) in [7, 11) is 1.96. The zero-order chi connectivity index (χ0) is 15.4. The molecule has 0 aromatic heterocycles. The Hall–Kier alpha value is -1.83. The lowest BCUT2D eigenvalue weighted by Crippen LogP contribution is -2.18. The van der Waals surface area contributed by atoms with Gasteiger partial charge in [-0.1, -0.05) is 34.1 Å². The summed E-state index contributed by atoms with van der Waals surface area (Å²) in [5.41, 5.74) is 3.46. The van der Waals surface area contributed by atoms with E-state index in [1.165, 1.54) is 0 Å². The molecule has 2 aromatic rings. The fourth-order valence-corrected chi connectivity index (χ4v) is 2.74. The van der Waals surface area contributed by atoms with Gasteiger partial charge in [-0.15, -0.1) is 0 Å². The van der Waals surface area contributed by atoms with Crippen LogP contribution in [0.15, 0.2) is 46.9 Å². The van der Waals surface area contributed by atoms with Crippen LogP contribution in [0, 0.1) is 11.3 Å². The van der Waals surface area contributed by atoms with E-state index in [0.29, 0.717) is 12.1 Å². The lowest BCUT2D eigenvalue weighted by Gasteiger charge is -2.24. The van der Waals surface area contributed by atoms with E-state index in [1.807, 2.05) is 36.2 Å². The standard InChI is InChI=1S/C17H17BrN2O/c1-12(21)16-7-6-13(10-19)9-17(16)20(2)11-14-4-3-5-15(18)8-14/h3-9,12,21H,11H2,1-2H3. The van der Waals surface area contributed by atoms with E-state index in [4.69, 9.17) is 5.26 Å². The molecule has 1 N–H and O–H groups in total. The number of hydrogen-bond donors (Lipinski definition) is 1. The second-order valence-electron chi connectivity index (χ2n) is 5.05. The number of aliphatic hydroxyl groups excluding tert-OH is 1. The molecule has 108 valence electrons. The number of benzene rings is 2. The summed E-state index contributed by atoms with van der Waals surface area (Å²) in [6, 6.07) is 15.6. The van der Waals surface area contributed by atoms with Crippen molar-refractivity contribution in [2.24, 2.45) is 0 Å². The first-order chi connectivity index (χ1) is 10.0. The van der Waals surface area contributed by atoms with Crippen LogP contribution in [0.1, 0.15) is 29.7 Å². The van der Waals surface area contributed by atoms with E-state index >= 15 is 0 Å². The Morgan fingerprint density at radius 2 is 2.05 bits per heavy atom. The number of nitriles is 1. The normalized spacial score (nSPS) is 11.8. The lowest BCUT2D eigenvalue weighted by molar-refractivity contribution is 0.199. The molecule has 4 heteroatoms. The zero-order valence-corrected chi connectivity index (χ0v) is 13.6. The smallest absolute Gasteiger partial charge is 0.0992 e. The van der Waals surface area contributed by atoms with Crippen molar-refractivity contribution in [2.45, 2.75) is 19.6 Å². The van der Waals surface area contributed by atoms with Crippen molar-refractivity contribution in [1.29, 1.82) is 5.26 Å². The number of anilines is 1. The van der Waals surface area contributed by atoms with Gasteiger partial charge in [0.15, 0.2) is 0 Å². The highest BCUT2D eigenvalue weighted by molar-refractivity contribution is 9.10. The van der Waals surface area contributed by atoms with E-state index in [0.717, 1.165) is 21.3 Å². The Labute approximate surface area is 133 Å². The van der Waals surface area contributed by atoms with Gasteiger partial charge >= 0.3 is 0 Å². The minimum Gasteiger partial charge on any atom is -0.389 e. The van der Waals surface area contributed by atoms with E-state index in [-0.39, 0.29) is 0 Å². The van der Waals surface area contributed by atoms with Crippen LogP contribution in [0.5, 0.6) is 0 Å². The molecular weight excluding hydrogens is 328 g/mol. The molecule has 0 aliphatic heterocycles.